The van der Waals surface area contributed by atoms with Crippen molar-refractivity contribution in [1.29, 1.82) is 0 Å². The zero-order chi connectivity index (χ0) is 33.2. The van der Waals surface area contributed by atoms with Crippen LogP contribution >= 0.6 is 0 Å². The number of carboxylic acid groups (broad SMARTS) is 2. The van der Waals surface area contributed by atoms with E-state index in [2.05, 4.69) is 10.3 Å². The fourth-order valence-electron chi connectivity index (χ4n) is 3.94. The number of nitrogens with zero attached hydrogens (tertiary/aromatic N) is 1. The lowest BCUT2D eigenvalue weighted by Gasteiger charge is -2.27. The second kappa shape index (κ2) is 20.0. The van der Waals surface area contributed by atoms with Crippen molar-refractivity contribution in [3.63, 3.8) is 0 Å². The van der Waals surface area contributed by atoms with E-state index in [0.717, 1.165) is 25.7 Å². The Morgan fingerprint density at radius 1 is 0.909 bits per heavy atom. The summed E-state index contributed by atoms with van der Waals surface area (Å²) in [5.41, 5.74) is -0.579. The number of amides is 1. The van der Waals surface area contributed by atoms with Gasteiger partial charge in [0.25, 0.3) is 0 Å². The zero-order valence-electron chi connectivity index (χ0n) is 26.9. The molecule has 13 nitrogen and oxygen atoms in total. The summed E-state index contributed by atoms with van der Waals surface area (Å²) in [6.45, 7) is 12.3. The van der Waals surface area contributed by atoms with Gasteiger partial charge in [-0.05, 0) is 57.6 Å². The number of esters is 1. The summed E-state index contributed by atoms with van der Waals surface area (Å²) in [6.07, 6.45) is 6.51. The monoisotopic (exact) mass is 626 g/mol. The van der Waals surface area contributed by atoms with Gasteiger partial charge in [-0.15, -0.1) is 0 Å². The molecule has 2 atom stereocenters. The first-order valence-electron chi connectivity index (χ1n) is 15.1. The third-order valence-corrected chi connectivity index (χ3v) is 7.80. The summed E-state index contributed by atoms with van der Waals surface area (Å²) < 4.78 is 5.06. The van der Waals surface area contributed by atoms with Crippen LogP contribution in [0.3, 0.4) is 0 Å². The second-order valence-corrected chi connectivity index (χ2v) is 11.8. The third kappa shape index (κ3) is 14.1. The fourth-order valence-corrected chi connectivity index (χ4v) is 3.94. The number of carboxylic acids is 2. The number of aromatic carboxylic acids is 1. The minimum absolute atomic E-state index is 0.00294. The van der Waals surface area contributed by atoms with Crippen LogP contribution in [0.15, 0.2) is 18.3 Å². The molecule has 44 heavy (non-hydrogen) atoms. The number of nitrogens with one attached hydrogen (secondary N) is 1. The van der Waals surface area contributed by atoms with Crippen molar-refractivity contribution in [2.75, 3.05) is 33.0 Å². The molecule has 1 aliphatic rings. The largest absolute Gasteiger partial charge is 0.481 e. The Bertz CT molecular complexity index is 1050. The van der Waals surface area contributed by atoms with Crippen LogP contribution in [0.4, 0.5) is 0 Å². The van der Waals surface area contributed by atoms with Crippen molar-refractivity contribution in [3.8, 4) is 0 Å². The van der Waals surface area contributed by atoms with Crippen LogP contribution in [-0.4, -0.2) is 72.0 Å². The number of rotatable bonds is 18. The molecule has 3 N–H and O–H groups in total. The molecule has 0 radical (unpaired) electrons. The highest BCUT2D eigenvalue weighted by Crippen LogP contribution is 2.30. The summed E-state index contributed by atoms with van der Waals surface area (Å²) in [6, 6.07) is 2.96. The van der Waals surface area contributed by atoms with E-state index in [1.807, 2.05) is 27.7 Å². The summed E-state index contributed by atoms with van der Waals surface area (Å²) in [4.78, 5) is 69.5. The first kappa shape index (κ1) is 38.9. The number of carbonyl (C=O) groups is 4. The van der Waals surface area contributed by atoms with E-state index in [1.165, 1.54) is 18.3 Å². The molecule has 1 heterocycles. The van der Waals surface area contributed by atoms with Gasteiger partial charge in [0.15, 0.2) is 0 Å². The molecule has 0 bridgehead atoms. The van der Waals surface area contributed by atoms with Gasteiger partial charge < -0.3 is 20.3 Å². The first-order chi connectivity index (χ1) is 20.8. The summed E-state index contributed by atoms with van der Waals surface area (Å²) >= 11 is 0. The van der Waals surface area contributed by atoms with Crippen molar-refractivity contribution >= 4 is 23.8 Å². The van der Waals surface area contributed by atoms with Gasteiger partial charge in [-0.2, -0.15) is 0 Å². The topological polar surface area (TPSA) is 180 Å². The predicted molar refractivity (Wildman–Crippen MR) is 159 cm³/mol. The number of ether oxygens (including phenoxy) is 1. The highest BCUT2D eigenvalue weighted by Gasteiger charge is 2.31. The third-order valence-electron chi connectivity index (χ3n) is 7.80. The number of aromatic nitrogens is 1. The molecule has 1 aromatic rings. The Hall–Kier alpha value is -3.13. The Morgan fingerprint density at radius 3 is 2.20 bits per heavy atom. The van der Waals surface area contributed by atoms with Crippen LogP contribution in [0.5, 0.6) is 0 Å². The molecule has 1 aliphatic carbocycles. The van der Waals surface area contributed by atoms with Gasteiger partial charge in [0, 0.05) is 18.2 Å². The summed E-state index contributed by atoms with van der Waals surface area (Å²) in [5, 5.41) is 20.9. The van der Waals surface area contributed by atoms with Gasteiger partial charge in [-0.25, -0.2) is 24.3 Å². The Balaban J connectivity index is 0.000000440. The lowest BCUT2D eigenvalue weighted by atomic mass is 9.80. The van der Waals surface area contributed by atoms with Crippen molar-refractivity contribution < 1.29 is 53.7 Å². The molecule has 1 fully saturated rings. The van der Waals surface area contributed by atoms with Gasteiger partial charge in [0.2, 0.25) is 5.91 Å². The van der Waals surface area contributed by atoms with Gasteiger partial charge in [-0.3, -0.25) is 19.4 Å². The lowest BCUT2D eigenvalue weighted by molar-refractivity contribution is -0.308. The summed E-state index contributed by atoms with van der Waals surface area (Å²) in [7, 11) is 0. The van der Waals surface area contributed by atoms with Gasteiger partial charge in [0.1, 0.15) is 19.8 Å². The molecule has 0 aliphatic heterocycles. The molecule has 0 spiro atoms. The number of carbonyl (C=O) groups excluding carboxylic acids is 2. The van der Waals surface area contributed by atoms with Gasteiger partial charge >= 0.3 is 17.9 Å². The Labute approximate surface area is 259 Å². The van der Waals surface area contributed by atoms with E-state index in [4.69, 9.17) is 34.5 Å². The smallest absolute Gasteiger partial charge is 0.337 e. The van der Waals surface area contributed by atoms with E-state index in [1.54, 1.807) is 13.8 Å². The Morgan fingerprint density at radius 2 is 1.57 bits per heavy atom. The maximum atomic E-state index is 11.8. The molecule has 0 aromatic carbocycles. The summed E-state index contributed by atoms with van der Waals surface area (Å²) in [5.74, 6) is -2.44. The standard InChI is InChI=1S/C16H29NO5.C15H21NO6/c1-4-16(2,3)15(20)17-9-10-21-22-11-12-7-5-6-8-13(12)14(18)19;1-4-15(2,3)14(19)20-8-9-21-22-10-12-11(13(17)18)6-5-7-16-12/h12-13H,4-11H2,1-3H3,(H,17,20)(H,18,19);5-7H,4,8-10H2,1-3H3,(H,17,18). The van der Waals surface area contributed by atoms with E-state index in [0.29, 0.717) is 26.0 Å². The quantitative estimate of drug-likeness (QED) is 0.0894. The molecule has 1 saturated carbocycles. The van der Waals surface area contributed by atoms with E-state index in [9.17, 15) is 19.2 Å². The zero-order valence-corrected chi connectivity index (χ0v) is 26.9. The van der Waals surface area contributed by atoms with E-state index in [-0.39, 0.29) is 66.8 Å². The SMILES string of the molecule is CCC(C)(C)C(=O)NCCOOCC1CCCCC1C(=O)O.CCC(C)(C)C(=O)OCCOOCc1ncccc1C(=O)O. The van der Waals surface area contributed by atoms with Crippen LogP contribution in [0.2, 0.25) is 0 Å². The molecular formula is C31H50N2O11. The molecule has 0 saturated heterocycles. The van der Waals surface area contributed by atoms with E-state index < -0.39 is 17.4 Å². The maximum Gasteiger partial charge on any atom is 0.337 e. The molecule has 1 aromatic heterocycles. The molecule has 1 amide bonds. The average Bonchev–Trinajstić information content (AvgIpc) is 3.00. The highest BCUT2D eigenvalue weighted by molar-refractivity contribution is 5.88. The normalized spacial score (nSPS) is 16.8. The lowest BCUT2D eigenvalue weighted by Crippen LogP contribution is -2.38. The van der Waals surface area contributed by atoms with Crippen LogP contribution < -0.4 is 5.32 Å². The number of hydrogen-bond acceptors (Lipinski definition) is 10. The van der Waals surface area contributed by atoms with Crippen LogP contribution in [0, 0.1) is 22.7 Å². The molecule has 250 valence electrons. The van der Waals surface area contributed by atoms with Gasteiger partial charge in [-0.1, -0.05) is 40.5 Å². The number of aliphatic carboxylic acids is 1. The number of hydrogen-bond donors (Lipinski definition) is 3. The fraction of sp³-hybridized carbons (Fsp3) is 0.710. The second-order valence-electron chi connectivity index (χ2n) is 11.8. The van der Waals surface area contributed by atoms with Crippen LogP contribution in [0.1, 0.15) is 96.1 Å². The van der Waals surface area contributed by atoms with Crippen molar-refractivity contribution in [2.45, 2.75) is 86.7 Å². The van der Waals surface area contributed by atoms with Crippen molar-refractivity contribution in [3.05, 3.63) is 29.6 Å². The molecule has 2 rings (SSSR count). The molecule has 2 unspecified atom stereocenters. The number of pyridine rings is 1. The highest BCUT2D eigenvalue weighted by atomic mass is 17.2. The minimum Gasteiger partial charge on any atom is -0.481 e. The average molecular weight is 627 g/mol. The van der Waals surface area contributed by atoms with Crippen molar-refractivity contribution in [2.24, 2.45) is 22.7 Å². The maximum absolute atomic E-state index is 11.8. The van der Waals surface area contributed by atoms with Crippen molar-refractivity contribution in [1.82, 2.24) is 10.3 Å². The molecule has 13 heteroatoms. The van der Waals surface area contributed by atoms with Crippen LogP contribution in [-0.2, 0) is 45.3 Å². The molecular weight excluding hydrogens is 576 g/mol. The minimum atomic E-state index is -1.08. The van der Waals surface area contributed by atoms with E-state index >= 15 is 0 Å². The Kier molecular flexibility index (Phi) is 17.7. The van der Waals surface area contributed by atoms with Crippen LogP contribution in [0.25, 0.3) is 0 Å². The predicted octanol–water partition coefficient (Wildman–Crippen LogP) is 4.59. The first-order valence-corrected chi connectivity index (χ1v) is 15.1. The van der Waals surface area contributed by atoms with Gasteiger partial charge in [0.05, 0.1) is 35.8 Å².